The molecular weight excluding hydrogens is 259 g/mol. The van der Waals surface area contributed by atoms with E-state index in [9.17, 15) is 9.18 Å². The highest BCUT2D eigenvalue weighted by atomic mass is 19.1. The normalized spacial score (nSPS) is 18.8. The zero-order valence-corrected chi connectivity index (χ0v) is 11.5. The Morgan fingerprint density at radius 1 is 1.45 bits per heavy atom. The van der Waals surface area contributed by atoms with Crippen molar-refractivity contribution in [3.8, 4) is 0 Å². The number of nitrogens with two attached hydrogens (primary N) is 1. The number of halogens is 1. The number of ether oxygens (including phenoxy) is 1. The maximum atomic E-state index is 13.7. The first-order valence-electron chi connectivity index (χ1n) is 7.09. The third-order valence-corrected chi connectivity index (χ3v) is 3.51. The SMILES string of the molecule is NCc1ccc(NC(=O)CCC2CCCCO2)c(F)c1. The highest BCUT2D eigenvalue weighted by Crippen LogP contribution is 2.19. The fourth-order valence-electron chi connectivity index (χ4n) is 2.33. The summed E-state index contributed by atoms with van der Waals surface area (Å²) in [6.07, 6.45) is 4.46. The van der Waals surface area contributed by atoms with Gasteiger partial charge in [0, 0.05) is 19.6 Å². The molecule has 1 unspecified atom stereocenters. The summed E-state index contributed by atoms with van der Waals surface area (Å²) in [6.45, 7) is 1.06. The fourth-order valence-corrected chi connectivity index (χ4v) is 2.33. The second-order valence-electron chi connectivity index (χ2n) is 5.09. The molecule has 1 aromatic carbocycles. The van der Waals surface area contributed by atoms with Crippen molar-refractivity contribution in [3.63, 3.8) is 0 Å². The number of hydrogen-bond acceptors (Lipinski definition) is 3. The molecule has 0 radical (unpaired) electrons. The van der Waals surface area contributed by atoms with E-state index in [1.54, 1.807) is 12.1 Å². The van der Waals surface area contributed by atoms with Crippen LogP contribution in [0.5, 0.6) is 0 Å². The van der Waals surface area contributed by atoms with Crippen LogP contribution < -0.4 is 11.1 Å². The summed E-state index contributed by atoms with van der Waals surface area (Å²) >= 11 is 0. The minimum absolute atomic E-state index is 0.166. The summed E-state index contributed by atoms with van der Waals surface area (Å²) in [7, 11) is 0. The Bertz CT molecular complexity index is 459. The van der Waals surface area contributed by atoms with Crippen LogP contribution in [0.3, 0.4) is 0 Å². The summed E-state index contributed by atoms with van der Waals surface area (Å²) < 4.78 is 19.3. The Morgan fingerprint density at radius 3 is 2.95 bits per heavy atom. The van der Waals surface area contributed by atoms with Crippen LogP contribution in [-0.2, 0) is 16.1 Å². The predicted molar refractivity (Wildman–Crippen MR) is 75.7 cm³/mol. The molecular formula is C15H21FN2O2. The van der Waals surface area contributed by atoms with E-state index in [4.69, 9.17) is 10.5 Å². The molecule has 2 rings (SSSR count). The molecule has 1 fully saturated rings. The Hall–Kier alpha value is -1.46. The topological polar surface area (TPSA) is 64.3 Å². The maximum absolute atomic E-state index is 13.7. The Morgan fingerprint density at radius 2 is 2.30 bits per heavy atom. The summed E-state index contributed by atoms with van der Waals surface area (Å²) in [5.41, 5.74) is 6.34. The number of carbonyl (C=O) groups excluding carboxylic acids is 1. The van der Waals surface area contributed by atoms with E-state index < -0.39 is 5.82 Å². The number of amides is 1. The molecule has 1 aromatic rings. The van der Waals surface area contributed by atoms with Crippen LogP contribution in [0.2, 0.25) is 0 Å². The van der Waals surface area contributed by atoms with Crippen molar-refractivity contribution in [3.05, 3.63) is 29.6 Å². The summed E-state index contributed by atoms with van der Waals surface area (Å²) in [4.78, 5) is 11.8. The van der Waals surface area contributed by atoms with Gasteiger partial charge in [0.1, 0.15) is 5.82 Å². The quantitative estimate of drug-likeness (QED) is 0.871. The van der Waals surface area contributed by atoms with Gasteiger partial charge in [-0.25, -0.2) is 4.39 Å². The number of anilines is 1. The third-order valence-electron chi connectivity index (χ3n) is 3.51. The Labute approximate surface area is 118 Å². The van der Waals surface area contributed by atoms with Gasteiger partial charge in [-0.2, -0.15) is 0 Å². The molecule has 0 aromatic heterocycles. The van der Waals surface area contributed by atoms with Gasteiger partial charge in [-0.15, -0.1) is 0 Å². The predicted octanol–water partition coefficient (Wildman–Crippen LogP) is 2.57. The highest BCUT2D eigenvalue weighted by Gasteiger charge is 2.15. The van der Waals surface area contributed by atoms with Crippen LogP contribution in [0.1, 0.15) is 37.7 Å². The molecule has 110 valence electrons. The first-order chi connectivity index (χ1) is 9.69. The number of rotatable bonds is 5. The molecule has 5 heteroatoms. The van der Waals surface area contributed by atoms with E-state index in [2.05, 4.69) is 5.32 Å². The van der Waals surface area contributed by atoms with Crippen molar-refractivity contribution in [1.82, 2.24) is 0 Å². The lowest BCUT2D eigenvalue weighted by atomic mass is 10.0. The van der Waals surface area contributed by atoms with E-state index in [-0.39, 0.29) is 24.2 Å². The van der Waals surface area contributed by atoms with E-state index >= 15 is 0 Å². The Balaban J connectivity index is 1.81. The average Bonchev–Trinajstić information content (AvgIpc) is 2.48. The van der Waals surface area contributed by atoms with Crippen molar-refractivity contribution in [2.45, 2.75) is 44.8 Å². The number of hydrogen-bond donors (Lipinski definition) is 2. The standard InChI is InChI=1S/C15H21FN2O2/c16-13-9-11(10-17)4-6-14(13)18-15(19)7-5-12-3-1-2-8-20-12/h4,6,9,12H,1-3,5,7-8,10,17H2,(H,18,19). The molecule has 3 N–H and O–H groups in total. The summed E-state index contributed by atoms with van der Waals surface area (Å²) in [5, 5.41) is 2.59. The first-order valence-corrected chi connectivity index (χ1v) is 7.09. The van der Waals surface area contributed by atoms with Crippen molar-refractivity contribution >= 4 is 11.6 Å². The van der Waals surface area contributed by atoms with Gasteiger partial charge in [0.2, 0.25) is 5.91 Å². The highest BCUT2D eigenvalue weighted by molar-refractivity contribution is 5.90. The number of carbonyl (C=O) groups is 1. The van der Waals surface area contributed by atoms with Gasteiger partial charge in [-0.1, -0.05) is 6.07 Å². The average molecular weight is 280 g/mol. The largest absolute Gasteiger partial charge is 0.378 e. The van der Waals surface area contributed by atoms with Crippen LogP contribution in [0.25, 0.3) is 0 Å². The zero-order chi connectivity index (χ0) is 14.4. The third kappa shape index (κ3) is 4.28. The van der Waals surface area contributed by atoms with E-state index in [0.29, 0.717) is 18.4 Å². The molecule has 4 nitrogen and oxygen atoms in total. The summed E-state index contributed by atoms with van der Waals surface area (Å²) in [6, 6.07) is 4.61. The number of nitrogens with one attached hydrogen (secondary N) is 1. The van der Waals surface area contributed by atoms with Crippen LogP contribution in [0.4, 0.5) is 10.1 Å². The molecule has 1 atom stereocenters. The number of benzene rings is 1. The van der Waals surface area contributed by atoms with Crippen molar-refractivity contribution in [1.29, 1.82) is 0 Å². The molecule has 1 aliphatic heterocycles. The van der Waals surface area contributed by atoms with E-state index in [1.807, 2.05) is 0 Å². The van der Waals surface area contributed by atoms with Gasteiger partial charge >= 0.3 is 0 Å². The maximum Gasteiger partial charge on any atom is 0.224 e. The molecule has 1 heterocycles. The van der Waals surface area contributed by atoms with Crippen molar-refractivity contribution in [2.24, 2.45) is 5.73 Å². The van der Waals surface area contributed by atoms with Crippen LogP contribution in [0, 0.1) is 5.82 Å². The van der Waals surface area contributed by atoms with Gasteiger partial charge in [-0.3, -0.25) is 4.79 Å². The molecule has 0 aliphatic carbocycles. The minimum atomic E-state index is -0.449. The second kappa shape index (κ2) is 7.36. The zero-order valence-electron chi connectivity index (χ0n) is 11.5. The van der Waals surface area contributed by atoms with Crippen LogP contribution >= 0.6 is 0 Å². The second-order valence-corrected chi connectivity index (χ2v) is 5.09. The minimum Gasteiger partial charge on any atom is -0.378 e. The fraction of sp³-hybridized carbons (Fsp3) is 0.533. The van der Waals surface area contributed by atoms with Gasteiger partial charge in [0.25, 0.3) is 0 Å². The Kier molecular flexibility index (Phi) is 5.49. The van der Waals surface area contributed by atoms with Crippen LogP contribution in [-0.4, -0.2) is 18.6 Å². The van der Waals surface area contributed by atoms with Gasteiger partial charge in [0.05, 0.1) is 11.8 Å². The van der Waals surface area contributed by atoms with Gasteiger partial charge in [0.15, 0.2) is 0 Å². The lowest BCUT2D eigenvalue weighted by Gasteiger charge is -2.22. The first kappa shape index (κ1) is 14.9. The monoisotopic (exact) mass is 280 g/mol. The molecule has 0 spiro atoms. The van der Waals surface area contributed by atoms with Gasteiger partial charge in [-0.05, 0) is 43.4 Å². The van der Waals surface area contributed by atoms with E-state index in [1.165, 1.54) is 6.07 Å². The molecule has 0 bridgehead atoms. The molecule has 1 amide bonds. The summed E-state index contributed by atoms with van der Waals surface area (Å²) in [5.74, 6) is -0.631. The lowest BCUT2D eigenvalue weighted by Crippen LogP contribution is -2.22. The molecule has 1 aliphatic rings. The van der Waals surface area contributed by atoms with Gasteiger partial charge < -0.3 is 15.8 Å². The molecule has 0 saturated carbocycles. The molecule has 20 heavy (non-hydrogen) atoms. The molecule has 1 saturated heterocycles. The van der Waals surface area contributed by atoms with E-state index in [0.717, 1.165) is 25.9 Å². The van der Waals surface area contributed by atoms with Crippen molar-refractivity contribution < 1.29 is 13.9 Å². The van der Waals surface area contributed by atoms with Crippen LogP contribution in [0.15, 0.2) is 18.2 Å². The lowest BCUT2D eigenvalue weighted by molar-refractivity contribution is -0.117. The van der Waals surface area contributed by atoms with Crippen molar-refractivity contribution in [2.75, 3.05) is 11.9 Å². The smallest absolute Gasteiger partial charge is 0.224 e.